The number of terminal acetylenes is 2. The van der Waals surface area contributed by atoms with Gasteiger partial charge in [0.2, 0.25) is 0 Å². The molecule has 0 aliphatic rings. The SMILES string of the molecule is C#CCOc1cc(Cl)c(OCCNC(=O)C(OCC#C)c2ccc(Cl)cc2)cc1OC. The zero-order valence-electron chi connectivity index (χ0n) is 16.8. The van der Waals surface area contributed by atoms with Crippen LogP contribution in [0.2, 0.25) is 10.0 Å². The molecule has 31 heavy (non-hydrogen) atoms. The third-order valence-electron chi connectivity index (χ3n) is 3.93. The van der Waals surface area contributed by atoms with Gasteiger partial charge in [0.25, 0.3) is 5.91 Å². The summed E-state index contributed by atoms with van der Waals surface area (Å²) in [6.07, 6.45) is 9.58. The summed E-state index contributed by atoms with van der Waals surface area (Å²) in [4.78, 5) is 12.6. The van der Waals surface area contributed by atoms with Crippen molar-refractivity contribution in [2.45, 2.75) is 6.10 Å². The largest absolute Gasteiger partial charge is 0.493 e. The quantitative estimate of drug-likeness (QED) is 0.406. The summed E-state index contributed by atoms with van der Waals surface area (Å²) in [5, 5.41) is 3.62. The Kier molecular flexibility index (Phi) is 9.87. The van der Waals surface area contributed by atoms with Gasteiger partial charge in [0.1, 0.15) is 25.6 Å². The van der Waals surface area contributed by atoms with Crippen LogP contribution in [0.4, 0.5) is 0 Å². The first-order chi connectivity index (χ1) is 15.0. The van der Waals surface area contributed by atoms with Crippen molar-refractivity contribution in [3.05, 3.63) is 52.0 Å². The molecule has 1 amide bonds. The van der Waals surface area contributed by atoms with E-state index in [1.807, 2.05) is 0 Å². The van der Waals surface area contributed by atoms with Crippen LogP contribution in [-0.4, -0.2) is 39.4 Å². The van der Waals surface area contributed by atoms with Gasteiger partial charge >= 0.3 is 0 Å². The molecule has 8 heteroatoms. The first-order valence-electron chi connectivity index (χ1n) is 9.15. The lowest BCUT2D eigenvalue weighted by molar-refractivity contribution is -0.132. The molecule has 1 atom stereocenters. The van der Waals surface area contributed by atoms with Crippen LogP contribution in [-0.2, 0) is 9.53 Å². The number of nitrogens with one attached hydrogen (secondary N) is 1. The monoisotopic (exact) mass is 461 g/mol. The molecule has 0 saturated carbocycles. The second-order valence-electron chi connectivity index (χ2n) is 6.01. The maximum atomic E-state index is 12.6. The van der Waals surface area contributed by atoms with E-state index in [2.05, 4.69) is 17.2 Å². The normalized spacial score (nSPS) is 11.0. The average Bonchev–Trinajstić information content (AvgIpc) is 2.77. The zero-order chi connectivity index (χ0) is 22.6. The van der Waals surface area contributed by atoms with Crippen molar-refractivity contribution in [3.63, 3.8) is 0 Å². The lowest BCUT2D eigenvalue weighted by atomic mass is 10.1. The fourth-order valence-electron chi connectivity index (χ4n) is 2.54. The smallest absolute Gasteiger partial charge is 0.253 e. The maximum absolute atomic E-state index is 12.6. The molecule has 0 fully saturated rings. The molecule has 0 aromatic heterocycles. The Morgan fingerprint density at radius 3 is 2.39 bits per heavy atom. The standard InChI is InChI=1S/C23H21Cl2NO5/c1-4-11-29-21-14-18(25)19(15-20(21)28-3)30-13-10-26-23(27)22(31-12-5-2)16-6-8-17(24)9-7-16/h1-2,6-9,14-15,22H,10-13H2,3H3,(H,26,27). The molecule has 1 unspecified atom stereocenters. The van der Waals surface area contributed by atoms with Crippen LogP contribution in [0.1, 0.15) is 11.7 Å². The summed E-state index contributed by atoms with van der Waals surface area (Å²) in [5.41, 5.74) is 0.633. The molecule has 0 heterocycles. The topological polar surface area (TPSA) is 66.0 Å². The number of amides is 1. The fraction of sp³-hybridized carbons (Fsp3) is 0.261. The predicted molar refractivity (Wildman–Crippen MR) is 120 cm³/mol. The number of ether oxygens (including phenoxy) is 4. The van der Waals surface area contributed by atoms with Crippen molar-refractivity contribution in [2.24, 2.45) is 0 Å². The number of benzene rings is 2. The van der Waals surface area contributed by atoms with E-state index in [0.29, 0.717) is 32.9 Å². The van der Waals surface area contributed by atoms with E-state index in [1.54, 1.807) is 36.4 Å². The van der Waals surface area contributed by atoms with Gasteiger partial charge in [-0.25, -0.2) is 0 Å². The van der Waals surface area contributed by atoms with Gasteiger partial charge in [0.05, 0.1) is 18.7 Å². The first-order valence-corrected chi connectivity index (χ1v) is 9.90. The zero-order valence-corrected chi connectivity index (χ0v) is 18.3. The van der Waals surface area contributed by atoms with Gasteiger partial charge in [-0.05, 0) is 17.7 Å². The number of methoxy groups -OCH3 is 1. The Bertz CT molecular complexity index is 964. The summed E-state index contributed by atoms with van der Waals surface area (Å²) in [5.74, 6) is 5.57. The highest BCUT2D eigenvalue weighted by atomic mass is 35.5. The third-order valence-corrected chi connectivity index (χ3v) is 4.48. The number of hydrogen-bond donors (Lipinski definition) is 1. The lowest BCUT2D eigenvalue weighted by Crippen LogP contribution is -2.34. The number of halogens is 2. The summed E-state index contributed by atoms with van der Waals surface area (Å²) in [6, 6.07) is 9.89. The molecule has 0 bridgehead atoms. The molecule has 0 radical (unpaired) electrons. The second kappa shape index (κ2) is 12.6. The third kappa shape index (κ3) is 7.31. The minimum Gasteiger partial charge on any atom is -0.493 e. The van der Waals surface area contributed by atoms with E-state index < -0.39 is 6.10 Å². The van der Waals surface area contributed by atoms with Crippen LogP contribution >= 0.6 is 23.2 Å². The van der Waals surface area contributed by atoms with E-state index in [-0.39, 0.29) is 32.3 Å². The molecule has 162 valence electrons. The van der Waals surface area contributed by atoms with Gasteiger partial charge < -0.3 is 24.3 Å². The Hall–Kier alpha value is -3.03. The second-order valence-corrected chi connectivity index (χ2v) is 6.86. The minimum absolute atomic E-state index is 0.0132. The number of carbonyl (C=O) groups excluding carboxylic acids is 1. The number of rotatable bonds is 11. The summed E-state index contributed by atoms with van der Waals surface area (Å²) in [7, 11) is 1.49. The minimum atomic E-state index is -0.871. The molecule has 0 aliphatic carbocycles. The molecule has 0 saturated heterocycles. The van der Waals surface area contributed by atoms with Crippen LogP contribution in [0.25, 0.3) is 0 Å². The van der Waals surface area contributed by atoms with Crippen LogP contribution in [0.5, 0.6) is 17.2 Å². The molecule has 2 aromatic rings. The number of hydrogen-bond acceptors (Lipinski definition) is 5. The van der Waals surface area contributed by atoms with Gasteiger partial charge in [-0.15, -0.1) is 12.8 Å². The van der Waals surface area contributed by atoms with Crippen LogP contribution in [0, 0.1) is 24.7 Å². The fourth-order valence-corrected chi connectivity index (χ4v) is 2.87. The summed E-state index contributed by atoms with van der Waals surface area (Å²) in [6.45, 7) is 0.425. The highest BCUT2D eigenvalue weighted by Gasteiger charge is 2.21. The predicted octanol–water partition coefficient (Wildman–Crippen LogP) is 3.90. The molecule has 1 N–H and O–H groups in total. The Labute approximate surface area is 191 Å². The van der Waals surface area contributed by atoms with E-state index >= 15 is 0 Å². The van der Waals surface area contributed by atoms with Crippen LogP contribution < -0.4 is 19.5 Å². The molecule has 2 aromatic carbocycles. The lowest BCUT2D eigenvalue weighted by Gasteiger charge is -2.17. The summed E-state index contributed by atoms with van der Waals surface area (Å²) >= 11 is 12.1. The van der Waals surface area contributed by atoms with Crippen molar-refractivity contribution >= 4 is 29.1 Å². The molecular weight excluding hydrogens is 441 g/mol. The molecular formula is C23H21Cl2NO5. The maximum Gasteiger partial charge on any atom is 0.253 e. The molecule has 0 spiro atoms. The average molecular weight is 462 g/mol. The molecule has 0 aliphatic heterocycles. The van der Waals surface area contributed by atoms with E-state index in [9.17, 15) is 4.79 Å². The van der Waals surface area contributed by atoms with Crippen molar-refractivity contribution in [2.75, 3.05) is 33.5 Å². The highest BCUT2D eigenvalue weighted by Crippen LogP contribution is 2.37. The van der Waals surface area contributed by atoms with E-state index in [0.717, 1.165) is 0 Å². The highest BCUT2D eigenvalue weighted by molar-refractivity contribution is 6.32. The number of carbonyl (C=O) groups is 1. The van der Waals surface area contributed by atoms with E-state index in [4.69, 9.17) is 55.0 Å². The Balaban J connectivity index is 1.95. The Morgan fingerprint density at radius 2 is 1.74 bits per heavy atom. The first kappa shape index (κ1) is 24.2. The van der Waals surface area contributed by atoms with Crippen molar-refractivity contribution in [3.8, 4) is 41.9 Å². The Morgan fingerprint density at radius 1 is 1.03 bits per heavy atom. The van der Waals surface area contributed by atoms with Gasteiger partial charge in [-0.2, -0.15) is 0 Å². The molecule has 6 nitrogen and oxygen atoms in total. The van der Waals surface area contributed by atoms with Crippen LogP contribution in [0.3, 0.4) is 0 Å². The van der Waals surface area contributed by atoms with Crippen molar-refractivity contribution in [1.29, 1.82) is 0 Å². The van der Waals surface area contributed by atoms with Crippen molar-refractivity contribution < 1.29 is 23.7 Å². The van der Waals surface area contributed by atoms with Crippen molar-refractivity contribution in [1.82, 2.24) is 5.32 Å². The van der Waals surface area contributed by atoms with Gasteiger partial charge in [0, 0.05) is 17.2 Å². The summed E-state index contributed by atoms with van der Waals surface area (Å²) < 4.78 is 21.8. The van der Waals surface area contributed by atoms with Crippen LogP contribution in [0.15, 0.2) is 36.4 Å². The van der Waals surface area contributed by atoms with Gasteiger partial charge in [-0.3, -0.25) is 4.79 Å². The molecule has 2 rings (SSSR count). The van der Waals surface area contributed by atoms with E-state index in [1.165, 1.54) is 7.11 Å². The van der Waals surface area contributed by atoms with Gasteiger partial charge in [0.15, 0.2) is 17.6 Å². The van der Waals surface area contributed by atoms with Gasteiger partial charge in [-0.1, -0.05) is 47.2 Å².